The number of nitrogens with zero attached hydrogens (tertiary/aromatic N) is 4. The molecule has 148 valence electrons. The van der Waals surface area contributed by atoms with Gasteiger partial charge in [-0.2, -0.15) is 10.1 Å². The standard InChI is InChI=1S/C19H15ClFN5O2S/c1-29(27,28)19-24-17(22-10-12-4-2-3-5-16(12)20)15-11-23-26(18(15)25-19)14-8-6-13(21)7-9-14/h2-9,11H,10H2,1H3,(H,22,24,25). The minimum Gasteiger partial charge on any atom is -0.365 e. The molecule has 4 rings (SSSR count). The number of fused-ring (bicyclic) bond motifs is 1. The summed E-state index contributed by atoms with van der Waals surface area (Å²) in [6, 6.07) is 12.9. The highest BCUT2D eigenvalue weighted by Gasteiger charge is 2.19. The molecule has 0 bridgehead atoms. The number of anilines is 1. The Morgan fingerprint density at radius 3 is 2.52 bits per heavy atom. The van der Waals surface area contributed by atoms with Gasteiger partial charge in [0.1, 0.15) is 11.6 Å². The van der Waals surface area contributed by atoms with Crippen molar-refractivity contribution >= 4 is 38.3 Å². The molecule has 1 N–H and O–H groups in total. The van der Waals surface area contributed by atoms with Gasteiger partial charge in [-0.1, -0.05) is 29.8 Å². The van der Waals surface area contributed by atoms with Gasteiger partial charge in [-0.3, -0.25) is 0 Å². The Bertz CT molecular complexity index is 1310. The summed E-state index contributed by atoms with van der Waals surface area (Å²) in [5, 5.41) is 8.16. The highest BCUT2D eigenvalue weighted by atomic mass is 35.5. The van der Waals surface area contributed by atoms with Gasteiger partial charge in [-0.05, 0) is 35.9 Å². The zero-order valence-corrected chi connectivity index (χ0v) is 16.7. The van der Waals surface area contributed by atoms with E-state index in [1.54, 1.807) is 6.07 Å². The van der Waals surface area contributed by atoms with Gasteiger partial charge >= 0.3 is 0 Å². The first-order valence-electron chi connectivity index (χ1n) is 8.52. The van der Waals surface area contributed by atoms with Crippen molar-refractivity contribution in [3.8, 4) is 5.69 Å². The lowest BCUT2D eigenvalue weighted by Crippen LogP contribution is -2.10. The molecule has 0 saturated heterocycles. The molecule has 0 aliphatic carbocycles. The summed E-state index contributed by atoms with van der Waals surface area (Å²) in [7, 11) is -3.68. The van der Waals surface area contributed by atoms with Crippen LogP contribution in [0, 0.1) is 5.82 Å². The van der Waals surface area contributed by atoms with Crippen LogP contribution in [-0.4, -0.2) is 34.4 Å². The fraction of sp³-hybridized carbons (Fsp3) is 0.105. The quantitative estimate of drug-likeness (QED) is 0.485. The van der Waals surface area contributed by atoms with E-state index in [0.29, 0.717) is 28.5 Å². The van der Waals surface area contributed by atoms with Crippen LogP contribution in [0.4, 0.5) is 10.2 Å². The number of nitrogens with one attached hydrogen (secondary N) is 1. The van der Waals surface area contributed by atoms with Gasteiger partial charge in [-0.15, -0.1) is 0 Å². The first-order chi connectivity index (χ1) is 13.8. The Hall–Kier alpha value is -3.04. The van der Waals surface area contributed by atoms with Gasteiger partial charge in [0.15, 0.2) is 5.65 Å². The molecule has 2 heterocycles. The zero-order chi connectivity index (χ0) is 20.6. The molecule has 29 heavy (non-hydrogen) atoms. The Morgan fingerprint density at radius 1 is 1.10 bits per heavy atom. The first kappa shape index (κ1) is 19.3. The molecule has 2 aromatic carbocycles. The van der Waals surface area contributed by atoms with Crippen LogP contribution < -0.4 is 5.32 Å². The van der Waals surface area contributed by atoms with E-state index < -0.39 is 15.7 Å². The molecule has 0 fully saturated rings. The van der Waals surface area contributed by atoms with Crippen molar-refractivity contribution in [2.24, 2.45) is 0 Å². The molecule has 0 amide bonds. The molecule has 0 spiro atoms. The predicted octanol–water partition coefficient (Wildman–Crippen LogP) is 3.62. The van der Waals surface area contributed by atoms with Crippen LogP contribution in [-0.2, 0) is 16.4 Å². The summed E-state index contributed by atoms with van der Waals surface area (Å²) in [4.78, 5) is 8.35. The fourth-order valence-corrected chi connectivity index (χ4v) is 3.49. The summed E-state index contributed by atoms with van der Waals surface area (Å²) < 4.78 is 38.9. The monoisotopic (exact) mass is 431 g/mol. The van der Waals surface area contributed by atoms with E-state index in [1.165, 1.54) is 35.1 Å². The lowest BCUT2D eigenvalue weighted by molar-refractivity contribution is 0.593. The van der Waals surface area contributed by atoms with Gasteiger partial charge in [0.25, 0.3) is 5.16 Å². The third-order valence-corrected chi connectivity index (χ3v) is 5.43. The molecule has 0 saturated carbocycles. The maximum atomic E-state index is 13.3. The Labute approximate surface area is 171 Å². The van der Waals surface area contributed by atoms with Crippen LogP contribution in [0.5, 0.6) is 0 Å². The van der Waals surface area contributed by atoms with E-state index in [1.807, 2.05) is 18.2 Å². The Balaban J connectivity index is 1.83. The molecule has 0 aliphatic rings. The SMILES string of the molecule is CS(=O)(=O)c1nc(NCc2ccccc2Cl)c2cnn(-c3ccc(F)cc3)c2n1. The molecule has 7 nitrogen and oxygen atoms in total. The van der Waals surface area contributed by atoms with Crippen LogP contribution in [0.3, 0.4) is 0 Å². The molecule has 0 radical (unpaired) electrons. The second-order valence-electron chi connectivity index (χ2n) is 6.34. The summed E-state index contributed by atoms with van der Waals surface area (Å²) in [6.45, 7) is 0.330. The van der Waals surface area contributed by atoms with E-state index in [2.05, 4.69) is 20.4 Å². The second-order valence-corrected chi connectivity index (χ2v) is 8.66. The minimum absolute atomic E-state index is 0.286. The lowest BCUT2D eigenvalue weighted by atomic mass is 10.2. The number of rotatable bonds is 5. The van der Waals surface area contributed by atoms with Crippen molar-refractivity contribution in [1.29, 1.82) is 0 Å². The lowest BCUT2D eigenvalue weighted by Gasteiger charge is -2.10. The normalized spacial score (nSPS) is 11.7. The van der Waals surface area contributed by atoms with E-state index in [9.17, 15) is 12.8 Å². The molecule has 0 atom stereocenters. The minimum atomic E-state index is -3.68. The van der Waals surface area contributed by atoms with E-state index in [0.717, 1.165) is 11.8 Å². The van der Waals surface area contributed by atoms with E-state index in [4.69, 9.17) is 11.6 Å². The van der Waals surface area contributed by atoms with Gasteiger partial charge < -0.3 is 5.32 Å². The largest absolute Gasteiger partial charge is 0.365 e. The van der Waals surface area contributed by atoms with Gasteiger partial charge in [0.2, 0.25) is 9.84 Å². The van der Waals surface area contributed by atoms with Crippen molar-refractivity contribution in [2.75, 3.05) is 11.6 Å². The van der Waals surface area contributed by atoms with Crippen molar-refractivity contribution in [2.45, 2.75) is 11.7 Å². The Morgan fingerprint density at radius 2 is 1.83 bits per heavy atom. The fourth-order valence-electron chi connectivity index (χ4n) is 2.78. The molecule has 0 unspecified atom stereocenters. The third kappa shape index (κ3) is 3.92. The third-order valence-electron chi connectivity index (χ3n) is 4.21. The van der Waals surface area contributed by atoms with Gasteiger partial charge in [0.05, 0.1) is 17.3 Å². The van der Waals surface area contributed by atoms with Gasteiger partial charge in [-0.25, -0.2) is 22.5 Å². The van der Waals surface area contributed by atoms with Crippen molar-refractivity contribution in [3.63, 3.8) is 0 Å². The average molecular weight is 432 g/mol. The number of aromatic nitrogens is 4. The smallest absolute Gasteiger partial charge is 0.250 e. The molecular weight excluding hydrogens is 417 g/mol. The molecule has 10 heteroatoms. The maximum absolute atomic E-state index is 13.3. The first-order valence-corrected chi connectivity index (χ1v) is 10.8. The van der Waals surface area contributed by atoms with Crippen LogP contribution in [0.25, 0.3) is 16.7 Å². The summed E-state index contributed by atoms with van der Waals surface area (Å²) in [5.41, 5.74) is 1.65. The summed E-state index contributed by atoms with van der Waals surface area (Å²) >= 11 is 6.19. The van der Waals surface area contributed by atoms with Crippen LogP contribution in [0.1, 0.15) is 5.56 Å². The van der Waals surface area contributed by atoms with Crippen molar-refractivity contribution < 1.29 is 12.8 Å². The van der Waals surface area contributed by atoms with E-state index in [-0.39, 0.29) is 10.8 Å². The number of hydrogen-bond acceptors (Lipinski definition) is 6. The number of sulfone groups is 1. The highest BCUT2D eigenvalue weighted by molar-refractivity contribution is 7.90. The molecule has 2 aromatic heterocycles. The summed E-state index contributed by atoms with van der Waals surface area (Å²) in [5.74, 6) is -0.0811. The number of hydrogen-bond donors (Lipinski definition) is 1. The van der Waals surface area contributed by atoms with Crippen LogP contribution in [0.15, 0.2) is 59.9 Å². The highest BCUT2D eigenvalue weighted by Crippen LogP contribution is 2.25. The topological polar surface area (TPSA) is 89.8 Å². The van der Waals surface area contributed by atoms with E-state index >= 15 is 0 Å². The van der Waals surface area contributed by atoms with Crippen LogP contribution in [0.2, 0.25) is 5.02 Å². The maximum Gasteiger partial charge on any atom is 0.250 e. The van der Waals surface area contributed by atoms with Crippen molar-refractivity contribution in [1.82, 2.24) is 19.7 Å². The van der Waals surface area contributed by atoms with Crippen LogP contribution >= 0.6 is 11.6 Å². The molecule has 4 aromatic rings. The number of benzene rings is 2. The predicted molar refractivity (Wildman–Crippen MR) is 109 cm³/mol. The summed E-state index contributed by atoms with van der Waals surface area (Å²) in [6.07, 6.45) is 2.56. The Kier molecular flexibility index (Phi) is 4.93. The molecule has 0 aliphatic heterocycles. The average Bonchev–Trinajstić information content (AvgIpc) is 3.11. The number of halogens is 2. The molecular formula is C19H15ClFN5O2S. The second kappa shape index (κ2) is 7.41. The van der Waals surface area contributed by atoms with Gasteiger partial charge in [0, 0.05) is 17.8 Å². The zero-order valence-electron chi connectivity index (χ0n) is 15.2. The van der Waals surface area contributed by atoms with Crippen molar-refractivity contribution in [3.05, 3.63) is 71.1 Å².